The highest BCUT2D eigenvalue weighted by molar-refractivity contribution is 7.99. The molecular formula is C13H19N3OS. The van der Waals surface area contributed by atoms with Gasteiger partial charge in [-0.15, -0.1) is 10.2 Å². The van der Waals surface area contributed by atoms with Crippen LogP contribution in [0.1, 0.15) is 44.9 Å². The van der Waals surface area contributed by atoms with Crippen molar-refractivity contribution in [3.8, 4) is 0 Å². The van der Waals surface area contributed by atoms with Gasteiger partial charge in [0, 0.05) is 30.6 Å². The van der Waals surface area contributed by atoms with Crippen LogP contribution in [0.15, 0.2) is 5.16 Å². The van der Waals surface area contributed by atoms with E-state index in [2.05, 4.69) is 14.8 Å². The Morgan fingerprint density at radius 3 is 2.89 bits per heavy atom. The van der Waals surface area contributed by atoms with Gasteiger partial charge in [0.05, 0.1) is 0 Å². The molecule has 0 spiro atoms. The summed E-state index contributed by atoms with van der Waals surface area (Å²) in [5.74, 6) is 1.71. The molecule has 2 heterocycles. The minimum atomic E-state index is 0.175. The summed E-state index contributed by atoms with van der Waals surface area (Å²) >= 11 is 1.76. The number of carbonyl (C=O) groups excluding carboxylic acids is 1. The lowest BCUT2D eigenvalue weighted by Gasteiger charge is -2.13. The molecule has 2 unspecified atom stereocenters. The lowest BCUT2D eigenvalue weighted by atomic mass is 10.1. The van der Waals surface area contributed by atoms with Crippen LogP contribution in [0.3, 0.4) is 0 Å². The Hall–Kier alpha value is -0.840. The zero-order valence-electron chi connectivity index (χ0n) is 10.8. The van der Waals surface area contributed by atoms with E-state index >= 15 is 0 Å². The van der Waals surface area contributed by atoms with Crippen molar-refractivity contribution in [3.63, 3.8) is 0 Å². The normalized spacial score (nSPS) is 28.2. The first kappa shape index (κ1) is 12.2. The molecule has 2 aliphatic rings. The smallest absolute Gasteiger partial charge is 0.191 e. The first-order chi connectivity index (χ1) is 8.75. The number of aryl methyl sites for hydroxylation is 1. The first-order valence-electron chi connectivity index (χ1n) is 6.87. The Bertz CT molecular complexity index is 457. The van der Waals surface area contributed by atoms with Crippen molar-refractivity contribution < 1.29 is 4.79 Å². The fraction of sp³-hybridized carbons (Fsp3) is 0.769. The number of rotatable bonds is 2. The monoisotopic (exact) mass is 265 g/mol. The second-order valence-electron chi connectivity index (χ2n) is 5.31. The van der Waals surface area contributed by atoms with Crippen molar-refractivity contribution in [2.24, 2.45) is 5.92 Å². The molecule has 1 saturated carbocycles. The van der Waals surface area contributed by atoms with Crippen LogP contribution in [-0.2, 0) is 17.8 Å². The third-order valence-electron chi connectivity index (χ3n) is 4.07. The molecule has 0 N–H and O–H groups in total. The highest BCUT2D eigenvalue weighted by Crippen LogP contribution is 2.36. The van der Waals surface area contributed by atoms with Gasteiger partial charge in [0.2, 0.25) is 0 Å². The average Bonchev–Trinajstić information content (AvgIpc) is 2.79. The largest absolute Gasteiger partial charge is 0.306 e. The summed E-state index contributed by atoms with van der Waals surface area (Å²) in [6, 6.07) is 0. The highest BCUT2D eigenvalue weighted by Gasteiger charge is 2.33. The van der Waals surface area contributed by atoms with Gasteiger partial charge in [-0.25, -0.2) is 0 Å². The van der Waals surface area contributed by atoms with E-state index in [4.69, 9.17) is 0 Å². The molecule has 1 aromatic rings. The molecule has 3 rings (SSSR count). The van der Waals surface area contributed by atoms with Crippen LogP contribution in [0.4, 0.5) is 0 Å². The van der Waals surface area contributed by atoms with Gasteiger partial charge in [0.15, 0.2) is 5.16 Å². The summed E-state index contributed by atoms with van der Waals surface area (Å²) < 4.78 is 2.27. The van der Waals surface area contributed by atoms with Crippen LogP contribution < -0.4 is 0 Å². The van der Waals surface area contributed by atoms with Crippen molar-refractivity contribution in [2.45, 2.75) is 62.4 Å². The van der Waals surface area contributed by atoms with Gasteiger partial charge in [-0.05, 0) is 19.3 Å². The average molecular weight is 265 g/mol. The number of hydrogen-bond acceptors (Lipinski definition) is 4. The summed E-state index contributed by atoms with van der Waals surface area (Å²) in [5, 5.41) is 10.1. The van der Waals surface area contributed by atoms with Gasteiger partial charge in [-0.1, -0.05) is 25.1 Å². The van der Waals surface area contributed by atoms with Gasteiger partial charge in [0.25, 0.3) is 0 Å². The number of Topliss-reactive ketones (excluding diaryl/α,β-unsaturated/α-hetero) is 1. The van der Waals surface area contributed by atoms with E-state index in [9.17, 15) is 4.79 Å². The van der Waals surface area contributed by atoms with E-state index < -0.39 is 0 Å². The summed E-state index contributed by atoms with van der Waals surface area (Å²) in [6.45, 7) is 3.09. The van der Waals surface area contributed by atoms with E-state index in [1.807, 2.05) is 6.92 Å². The molecule has 1 aromatic heterocycles. The minimum absolute atomic E-state index is 0.175. The van der Waals surface area contributed by atoms with Gasteiger partial charge in [-0.2, -0.15) is 0 Å². The second-order valence-corrected chi connectivity index (χ2v) is 6.52. The fourth-order valence-electron chi connectivity index (χ4n) is 2.81. The number of fused-ring (bicyclic) bond motifs is 1. The van der Waals surface area contributed by atoms with Gasteiger partial charge >= 0.3 is 0 Å². The van der Waals surface area contributed by atoms with Gasteiger partial charge in [-0.3, -0.25) is 4.79 Å². The van der Waals surface area contributed by atoms with E-state index in [0.717, 1.165) is 36.8 Å². The Morgan fingerprint density at radius 2 is 2.11 bits per heavy atom. The zero-order chi connectivity index (χ0) is 12.5. The quantitative estimate of drug-likeness (QED) is 0.824. The van der Waals surface area contributed by atoms with Crippen molar-refractivity contribution >= 4 is 17.5 Å². The van der Waals surface area contributed by atoms with E-state index in [1.165, 1.54) is 19.3 Å². The summed E-state index contributed by atoms with van der Waals surface area (Å²) in [7, 11) is 0. The fourth-order valence-corrected chi connectivity index (χ4v) is 4.09. The molecule has 0 radical (unpaired) electrons. The SMILES string of the molecule is CC1C(=O)CCC1Sc1nnc2n1CCCCC2. The van der Waals surface area contributed by atoms with Crippen LogP contribution >= 0.6 is 11.8 Å². The molecule has 5 heteroatoms. The van der Waals surface area contributed by atoms with Crippen LogP contribution in [-0.4, -0.2) is 25.8 Å². The third kappa shape index (κ3) is 2.20. The zero-order valence-corrected chi connectivity index (χ0v) is 11.6. The van der Waals surface area contributed by atoms with Crippen LogP contribution in [0, 0.1) is 5.92 Å². The van der Waals surface area contributed by atoms with Gasteiger partial charge < -0.3 is 4.57 Å². The molecule has 0 bridgehead atoms. The first-order valence-corrected chi connectivity index (χ1v) is 7.75. The predicted molar refractivity (Wildman–Crippen MR) is 70.6 cm³/mol. The molecule has 1 aliphatic carbocycles. The maximum absolute atomic E-state index is 11.6. The lowest BCUT2D eigenvalue weighted by molar-refractivity contribution is -0.120. The summed E-state index contributed by atoms with van der Waals surface area (Å²) in [6.07, 6.45) is 6.50. The molecule has 98 valence electrons. The summed E-state index contributed by atoms with van der Waals surface area (Å²) in [4.78, 5) is 11.6. The second kappa shape index (κ2) is 5.03. The number of hydrogen-bond donors (Lipinski definition) is 0. The standard InChI is InChI=1S/C13H19N3OS/c1-9-10(17)6-7-11(9)18-13-15-14-12-5-3-2-4-8-16(12)13/h9,11H,2-8H2,1H3. The molecule has 18 heavy (non-hydrogen) atoms. The molecule has 1 fully saturated rings. The van der Waals surface area contributed by atoms with E-state index in [0.29, 0.717) is 11.0 Å². The van der Waals surface area contributed by atoms with Crippen molar-refractivity contribution in [2.75, 3.05) is 0 Å². The van der Waals surface area contributed by atoms with Crippen LogP contribution in [0.5, 0.6) is 0 Å². The third-order valence-corrected chi connectivity index (χ3v) is 5.53. The Labute approximate surface area is 112 Å². The minimum Gasteiger partial charge on any atom is -0.306 e. The molecule has 2 atom stereocenters. The molecule has 0 amide bonds. The van der Waals surface area contributed by atoms with Crippen molar-refractivity contribution in [3.05, 3.63) is 5.82 Å². The van der Waals surface area contributed by atoms with Crippen LogP contribution in [0.25, 0.3) is 0 Å². The molecule has 0 aromatic carbocycles. The summed E-state index contributed by atoms with van der Waals surface area (Å²) in [5.41, 5.74) is 0. The Morgan fingerprint density at radius 1 is 1.22 bits per heavy atom. The topological polar surface area (TPSA) is 47.8 Å². The van der Waals surface area contributed by atoms with Gasteiger partial charge in [0.1, 0.15) is 11.6 Å². The molecule has 0 saturated heterocycles. The highest BCUT2D eigenvalue weighted by atomic mass is 32.2. The van der Waals surface area contributed by atoms with Crippen molar-refractivity contribution in [1.29, 1.82) is 0 Å². The maximum atomic E-state index is 11.6. The molecule has 1 aliphatic heterocycles. The van der Waals surface area contributed by atoms with Crippen molar-refractivity contribution in [1.82, 2.24) is 14.8 Å². The molecular weight excluding hydrogens is 246 g/mol. The number of aromatic nitrogens is 3. The van der Waals surface area contributed by atoms with Crippen LogP contribution in [0.2, 0.25) is 0 Å². The number of thioether (sulfide) groups is 1. The number of carbonyl (C=O) groups is 1. The molecule has 4 nitrogen and oxygen atoms in total. The van der Waals surface area contributed by atoms with E-state index in [1.54, 1.807) is 11.8 Å². The number of nitrogens with zero attached hydrogens (tertiary/aromatic N) is 3. The Balaban J connectivity index is 1.77. The number of ketones is 1. The lowest BCUT2D eigenvalue weighted by Crippen LogP contribution is -2.13. The Kier molecular flexibility index (Phi) is 3.41. The predicted octanol–water partition coefficient (Wildman–Crippen LogP) is 2.46. The van der Waals surface area contributed by atoms with E-state index in [-0.39, 0.29) is 5.92 Å². The maximum Gasteiger partial charge on any atom is 0.191 e.